The lowest BCUT2D eigenvalue weighted by Gasteiger charge is -2.16. The van der Waals surface area contributed by atoms with Crippen molar-refractivity contribution < 1.29 is 4.79 Å². The summed E-state index contributed by atoms with van der Waals surface area (Å²) in [6.07, 6.45) is 0. The van der Waals surface area contributed by atoms with Gasteiger partial charge in [-0.2, -0.15) is 0 Å². The minimum atomic E-state index is -0.0728. The van der Waals surface area contributed by atoms with Crippen molar-refractivity contribution in [1.82, 2.24) is 0 Å². The van der Waals surface area contributed by atoms with Crippen molar-refractivity contribution >= 4 is 40.4 Å². The molecule has 0 aromatic heterocycles. The molecule has 1 atom stereocenters. The summed E-state index contributed by atoms with van der Waals surface area (Å²) in [5.74, 6) is 0.158. The van der Waals surface area contributed by atoms with Crippen molar-refractivity contribution in [2.75, 3.05) is 5.32 Å². The maximum Gasteiger partial charge on any atom is 0.227 e. The number of thiocarbonyl (C=S) groups is 1. The van der Waals surface area contributed by atoms with Gasteiger partial charge in [-0.1, -0.05) is 44.6 Å². The van der Waals surface area contributed by atoms with Crippen LogP contribution in [0.3, 0.4) is 0 Å². The molecule has 0 radical (unpaired) electrons. The monoisotopic (exact) mass is 284 g/mol. The standard InChI is InChI=1S/C13H17ClN2OS/c1-7(2)8(3)13(17)16-11-5-4-9(12(15)18)6-10(11)14/h4-8H,1-3H3,(H2,15,18)(H,16,17). The molecule has 1 aromatic rings. The Balaban J connectivity index is 2.86. The molecule has 1 aromatic carbocycles. The van der Waals surface area contributed by atoms with Gasteiger partial charge in [-0.15, -0.1) is 0 Å². The van der Waals surface area contributed by atoms with Crippen molar-refractivity contribution in [3.63, 3.8) is 0 Å². The highest BCUT2D eigenvalue weighted by molar-refractivity contribution is 7.80. The van der Waals surface area contributed by atoms with Gasteiger partial charge < -0.3 is 11.1 Å². The van der Waals surface area contributed by atoms with Crippen molar-refractivity contribution in [3.8, 4) is 0 Å². The van der Waals surface area contributed by atoms with Gasteiger partial charge in [0.05, 0.1) is 10.7 Å². The molecule has 0 aliphatic rings. The fourth-order valence-corrected chi connectivity index (χ4v) is 1.67. The van der Waals surface area contributed by atoms with E-state index in [1.165, 1.54) is 0 Å². The first-order valence-electron chi connectivity index (χ1n) is 5.73. The van der Waals surface area contributed by atoms with E-state index >= 15 is 0 Å². The molecule has 1 unspecified atom stereocenters. The quantitative estimate of drug-likeness (QED) is 0.835. The van der Waals surface area contributed by atoms with Gasteiger partial charge in [-0.25, -0.2) is 0 Å². The van der Waals surface area contributed by atoms with Crippen LogP contribution < -0.4 is 11.1 Å². The number of rotatable bonds is 4. The van der Waals surface area contributed by atoms with Gasteiger partial charge in [0.15, 0.2) is 0 Å². The van der Waals surface area contributed by atoms with Crippen LogP contribution in [0.2, 0.25) is 5.02 Å². The highest BCUT2D eigenvalue weighted by Gasteiger charge is 2.17. The molecule has 1 rings (SSSR count). The number of amides is 1. The molecule has 0 bridgehead atoms. The molecule has 18 heavy (non-hydrogen) atoms. The molecular weight excluding hydrogens is 268 g/mol. The van der Waals surface area contributed by atoms with Crippen LogP contribution in [0.15, 0.2) is 18.2 Å². The summed E-state index contributed by atoms with van der Waals surface area (Å²) in [5.41, 5.74) is 6.77. The third-order valence-electron chi connectivity index (χ3n) is 2.93. The van der Waals surface area contributed by atoms with Gasteiger partial charge >= 0.3 is 0 Å². The Labute approximate surface area is 118 Å². The van der Waals surface area contributed by atoms with Crippen molar-refractivity contribution in [2.45, 2.75) is 20.8 Å². The number of benzene rings is 1. The number of hydrogen-bond donors (Lipinski definition) is 2. The topological polar surface area (TPSA) is 55.1 Å². The zero-order valence-electron chi connectivity index (χ0n) is 10.7. The smallest absolute Gasteiger partial charge is 0.227 e. The van der Waals surface area contributed by atoms with Crippen LogP contribution in [0.25, 0.3) is 0 Å². The van der Waals surface area contributed by atoms with Crippen LogP contribution >= 0.6 is 23.8 Å². The Bertz CT molecular complexity index is 474. The number of carbonyl (C=O) groups is 1. The van der Waals surface area contributed by atoms with E-state index in [4.69, 9.17) is 29.6 Å². The zero-order valence-corrected chi connectivity index (χ0v) is 12.2. The first kappa shape index (κ1) is 14.9. The summed E-state index contributed by atoms with van der Waals surface area (Å²) in [6, 6.07) is 5.10. The van der Waals surface area contributed by atoms with E-state index in [0.29, 0.717) is 16.3 Å². The molecule has 3 N–H and O–H groups in total. The molecule has 5 heteroatoms. The number of nitrogens with one attached hydrogen (secondary N) is 1. The van der Waals surface area contributed by atoms with Crippen LogP contribution in [0.5, 0.6) is 0 Å². The van der Waals surface area contributed by atoms with Crippen LogP contribution in [0.4, 0.5) is 5.69 Å². The van der Waals surface area contributed by atoms with Gasteiger partial charge in [0.1, 0.15) is 4.99 Å². The van der Waals surface area contributed by atoms with E-state index in [2.05, 4.69) is 5.32 Å². The lowest BCUT2D eigenvalue weighted by molar-refractivity contribution is -0.120. The Kier molecular flexibility index (Phi) is 5.11. The molecule has 0 saturated heterocycles. The van der Waals surface area contributed by atoms with Gasteiger partial charge in [0.2, 0.25) is 5.91 Å². The van der Waals surface area contributed by atoms with E-state index < -0.39 is 0 Å². The van der Waals surface area contributed by atoms with E-state index in [9.17, 15) is 4.79 Å². The number of nitrogens with two attached hydrogens (primary N) is 1. The summed E-state index contributed by atoms with van der Waals surface area (Å²) < 4.78 is 0. The average Bonchev–Trinajstić information content (AvgIpc) is 2.30. The Morgan fingerprint density at radius 2 is 2.00 bits per heavy atom. The molecular formula is C13H17ClN2OS. The Hall–Kier alpha value is -1.13. The van der Waals surface area contributed by atoms with Gasteiger partial charge in [-0.3, -0.25) is 4.79 Å². The molecule has 0 aliphatic carbocycles. The van der Waals surface area contributed by atoms with Gasteiger partial charge in [-0.05, 0) is 24.1 Å². The van der Waals surface area contributed by atoms with Crippen LogP contribution in [0, 0.1) is 11.8 Å². The minimum absolute atomic E-state index is 0.0463. The van der Waals surface area contributed by atoms with Crippen LogP contribution in [0.1, 0.15) is 26.3 Å². The second-order valence-electron chi connectivity index (χ2n) is 4.58. The lowest BCUT2D eigenvalue weighted by Crippen LogP contribution is -2.24. The van der Waals surface area contributed by atoms with E-state index in [1.807, 2.05) is 20.8 Å². The maximum absolute atomic E-state index is 11.9. The van der Waals surface area contributed by atoms with E-state index in [1.54, 1.807) is 18.2 Å². The number of hydrogen-bond acceptors (Lipinski definition) is 2. The first-order valence-corrected chi connectivity index (χ1v) is 6.51. The summed E-state index contributed by atoms with van der Waals surface area (Å²) in [4.78, 5) is 12.2. The van der Waals surface area contributed by atoms with Crippen LogP contribution in [-0.4, -0.2) is 10.9 Å². The number of carbonyl (C=O) groups excluding carboxylic acids is 1. The van der Waals surface area contributed by atoms with Crippen molar-refractivity contribution in [2.24, 2.45) is 17.6 Å². The normalized spacial score (nSPS) is 12.3. The number of anilines is 1. The summed E-state index contributed by atoms with van der Waals surface area (Å²) in [7, 11) is 0. The highest BCUT2D eigenvalue weighted by Crippen LogP contribution is 2.24. The molecule has 3 nitrogen and oxygen atoms in total. The summed E-state index contributed by atoms with van der Waals surface area (Å²) in [5, 5.41) is 3.24. The van der Waals surface area contributed by atoms with Gasteiger partial charge in [0, 0.05) is 11.5 Å². The van der Waals surface area contributed by atoms with E-state index in [-0.39, 0.29) is 22.7 Å². The number of halogens is 1. The predicted molar refractivity (Wildman–Crippen MR) is 80.0 cm³/mol. The molecule has 0 spiro atoms. The highest BCUT2D eigenvalue weighted by atomic mass is 35.5. The Morgan fingerprint density at radius 3 is 2.44 bits per heavy atom. The Morgan fingerprint density at radius 1 is 1.39 bits per heavy atom. The predicted octanol–water partition coefficient (Wildman–Crippen LogP) is 3.20. The third-order valence-corrected chi connectivity index (χ3v) is 3.47. The molecule has 98 valence electrons. The molecule has 0 aliphatic heterocycles. The maximum atomic E-state index is 11.9. The van der Waals surface area contributed by atoms with E-state index in [0.717, 1.165) is 0 Å². The minimum Gasteiger partial charge on any atom is -0.389 e. The second-order valence-corrected chi connectivity index (χ2v) is 5.43. The second kappa shape index (κ2) is 6.16. The SMILES string of the molecule is CC(C)C(C)C(=O)Nc1ccc(C(N)=S)cc1Cl. The molecule has 1 amide bonds. The first-order chi connectivity index (χ1) is 8.32. The summed E-state index contributed by atoms with van der Waals surface area (Å²) in [6.45, 7) is 5.89. The fourth-order valence-electron chi connectivity index (χ4n) is 1.32. The largest absolute Gasteiger partial charge is 0.389 e. The van der Waals surface area contributed by atoms with Crippen molar-refractivity contribution in [3.05, 3.63) is 28.8 Å². The summed E-state index contributed by atoms with van der Waals surface area (Å²) >= 11 is 10.9. The van der Waals surface area contributed by atoms with Crippen molar-refractivity contribution in [1.29, 1.82) is 0 Å². The average molecular weight is 285 g/mol. The van der Waals surface area contributed by atoms with Crippen LogP contribution in [-0.2, 0) is 4.79 Å². The fraction of sp³-hybridized carbons (Fsp3) is 0.385. The lowest BCUT2D eigenvalue weighted by atomic mass is 9.97. The molecule has 0 heterocycles. The third kappa shape index (κ3) is 3.68. The molecule has 0 fully saturated rings. The van der Waals surface area contributed by atoms with Gasteiger partial charge in [0.25, 0.3) is 0 Å². The molecule has 0 saturated carbocycles. The zero-order chi connectivity index (χ0) is 13.9.